The fourth-order valence-electron chi connectivity index (χ4n) is 3.69. The predicted molar refractivity (Wildman–Crippen MR) is 105 cm³/mol. The molecule has 0 spiro atoms. The first-order valence-electron chi connectivity index (χ1n) is 9.56. The van der Waals surface area contributed by atoms with Gasteiger partial charge in [0.25, 0.3) is 0 Å². The molecule has 1 heterocycles. The van der Waals surface area contributed by atoms with E-state index in [-0.39, 0.29) is 12.0 Å². The van der Waals surface area contributed by atoms with Crippen molar-refractivity contribution in [3.63, 3.8) is 0 Å². The molecule has 0 bridgehead atoms. The number of nitrogens with zero attached hydrogens (tertiary/aromatic N) is 1. The molecule has 4 heteroatoms. The van der Waals surface area contributed by atoms with Crippen LogP contribution in [0.3, 0.4) is 0 Å². The van der Waals surface area contributed by atoms with Crippen molar-refractivity contribution in [1.29, 1.82) is 0 Å². The van der Waals surface area contributed by atoms with E-state index in [1.54, 1.807) is 0 Å². The van der Waals surface area contributed by atoms with Crippen LogP contribution in [0.15, 0.2) is 60.7 Å². The van der Waals surface area contributed by atoms with Gasteiger partial charge >= 0.3 is 0 Å². The Morgan fingerprint density at radius 1 is 0.962 bits per heavy atom. The minimum Gasteiger partial charge on any atom is -0.391 e. The SMILES string of the molecule is NC(C(O)Cc1ccccc1)C(CCN1CCOCC1)c1ccccc1. The molecule has 0 aliphatic carbocycles. The Bertz CT molecular complexity index is 629. The molecule has 0 radical (unpaired) electrons. The summed E-state index contributed by atoms with van der Waals surface area (Å²) in [6, 6.07) is 20.2. The van der Waals surface area contributed by atoms with Crippen LogP contribution in [0.4, 0.5) is 0 Å². The number of rotatable bonds is 8. The van der Waals surface area contributed by atoms with Crippen molar-refractivity contribution in [1.82, 2.24) is 4.90 Å². The molecule has 1 saturated heterocycles. The molecule has 3 N–H and O–H groups in total. The zero-order valence-corrected chi connectivity index (χ0v) is 15.3. The van der Waals surface area contributed by atoms with Gasteiger partial charge < -0.3 is 15.6 Å². The topological polar surface area (TPSA) is 58.7 Å². The number of ether oxygens (including phenoxy) is 1. The highest BCUT2D eigenvalue weighted by Gasteiger charge is 2.27. The largest absolute Gasteiger partial charge is 0.391 e. The third kappa shape index (κ3) is 5.39. The van der Waals surface area contributed by atoms with Crippen LogP contribution in [0.25, 0.3) is 0 Å². The number of aliphatic hydroxyl groups is 1. The summed E-state index contributed by atoms with van der Waals surface area (Å²) in [6.45, 7) is 4.54. The van der Waals surface area contributed by atoms with Crippen LogP contribution in [0, 0.1) is 0 Å². The summed E-state index contributed by atoms with van der Waals surface area (Å²) in [7, 11) is 0. The average Bonchev–Trinajstić information content (AvgIpc) is 2.70. The maximum absolute atomic E-state index is 10.8. The molecule has 3 atom stereocenters. The molecular formula is C22H30N2O2. The highest BCUT2D eigenvalue weighted by atomic mass is 16.5. The van der Waals surface area contributed by atoms with Gasteiger partial charge in [-0.15, -0.1) is 0 Å². The normalized spacial score (nSPS) is 19.0. The fourth-order valence-corrected chi connectivity index (χ4v) is 3.69. The van der Waals surface area contributed by atoms with Crippen molar-refractivity contribution in [3.8, 4) is 0 Å². The summed E-state index contributed by atoms with van der Waals surface area (Å²) in [6.07, 6.45) is 0.965. The molecule has 26 heavy (non-hydrogen) atoms. The van der Waals surface area contributed by atoms with E-state index in [1.165, 1.54) is 5.56 Å². The number of morpholine rings is 1. The van der Waals surface area contributed by atoms with Gasteiger partial charge in [-0.05, 0) is 30.5 Å². The first-order valence-corrected chi connectivity index (χ1v) is 9.56. The van der Waals surface area contributed by atoms with Gasteiger partial charge in [-0.25, -0.2) is 0 Å². The van der Waals surface area contributed by atoms with Crippen LogP contribution >= 0.6 is 0 Å². The second kappa shape index (κ2) is 9.83. The van der Waals surface area contributed by atoms with Gasteiger partial charge in [0.1, 0.15) is 0 Å². The molecule has 3 rings (SSSR count). The zero-order chi connectivity index (χ0) is 18.2. The van der Waals surface area contributed by atoms with Gasteiger partial charge in [-0.3, -0.25) is 4.90 Å². The molecule has 1 aliphatic rings. The zero-order valence-electron chi connectivity index (χ0n) is 15.3. The van der Waals surface area contributed by atoms with E-state index in [4.69, 9.17) is 10.5 Å². The van der Waals surface area contributed by atoms with Gasteiger partial charge in [-0.2, -0.15) is 0 Å². The molecule has 0 aromatic heterocycles. The van der Waals surface area contributed by atoms with Gasteiger partial charge in [0.2, 0.25) is 0 Å². The van der Waals surface area contributed by atoms with Crippen LogP contribution in [-0.2, 0) is 11.2 Å². The number of hydrogen-bond donors (Lipinski definition) is 2. The summed E-state index contributed by atoms with van der Waals surface area (Å²) in [4.78, 5) is 2.43. The smallest absolute Gasteiger partial charge is 0.0737 e. The van der Waals surface area contributed by atoms with E-state index in [0.717, 1.165) is 44.8 Å². The Labute approximate surface area is 156 Å². The second-order valence-corrected chi connectivity index (χ2v) is 7.09. The lowest BCUT2D eigenvalue weighted by Crippen LogP contribution is -2.43. The third-order valence-electron chi connectivity index (χ3n) is 5.28. The maximum atomic E-state index is 10.8. The van der Waals surface area contributed by atoms with E-state index in [9.17, 15) is 5.11 Å². The number of nitrogens with two attached hydrogens (primary N) is 1. The number of benzene rings is 2. The first kappa shape index (κ1) is 19.1. The number of hydrogen-bond acceptors (Lipinski definition) is 4. The number of aliphatic hydroxyl groups excluding tert-OH is 1. The van der Waals surface area contributed by atoms with Crippen molar-refractivity contribution < 1.29 is 9.84 Å². The average molecular weight is 354 g/mol. The van der Waals surface area contributed by atoms with E-state index in [0.29, 0.717) is 6.42 Å². The van der Waals surface area contributed by atoms with Gasteiger partial charge in [0, 0.05) is 25.0 Å². The van der Waals surface area contributed by atoms with Crippen LogP contribution in [0.2, 0.25) is 0 Å². The molecule has 1 aliphatic heterocycles. The summed E-state index contributed by atoms with van der Waals surface area (Å²) in [5.41, 5.74) is 8.89. The molecular weight excluding hydrogens is 324 g/mol. The van der Waals surface area contributed by atoms with Crippen LogP contribution < -0.4 is 5.73 Å². The van der Waals surface area contributed by atoms with Gasteiger partial charge in [0.05, 0.1) is 19.3 Å². The van der Waals surface area contributed by atoms with Gasteiger partial charge in [-0.1, -0.05) is 60.7 Å². The van der Waals surface area contributed by atoms with Crippen molar-refractivity contribution in [2.45, 2.75) is 30.9 Å². The van der Waals surface area contributed by atoms with E-state index >= 15 is 0 Å². The monoisotopic (exact) mass is 354 g/mol. The highest BCUT2D eigenvalue weighted by Crippen LogP contribution is 2.26. The summed E-state index contributed by atoms with van der Waals surface area (Å²) in [5, 5.41) is 10.8. The molecule has 1 fully saturated rings. The van der Waals surface area contributed by atoms with Gasteiger partial charge in [0.15, 0.2) is 0 Å². The van der Waals surface area contributed by atoms with Crippen molar-refractivity contribution in [2.75, 3.05) is 32.8 Å². The minimum absolute atomic E-state index is 0.137. The minimum atomic E-state index is -0.563. The predicted octanol–water partition coefficient (Wildman–Crippen LogP) is 2.42. The summed E-state index contributed by atoms with van der Waals surface area (Å²) in [5.74, 6) is 0.137. The Morgan fingerprint density at radius 2 is 1.58 bits per heavy atom. The fraction of sp³-hybridized carbons (Fsp3) is 0.455. The highest BCUT2D eigenvalue weighted by molar-refractivity contribution is 5.23. The molecule has 140 valence electrons. The standard InChI is InChI=1S/C22H30N2O2/c23-22(21(25)17-18-7-3-1-4-8-18)20(19-9-5-2-6-10-19)11-12-24-13-15-26-16-14-24/h1-10,20-22,25H,11-17,23H2. The molecule has 0 saturated carbocycles. The third-order valence-corrected chi connectivity index (χ3v) is 5.28. The lowest BCUT2D eigenvalue weighted by Gasteiger charge is -2.32. The lowest BCUT2D eigenvalue weighted by atomic mass is 9.84. The van der Waals surface area contributed by atoms with Crippen LogP contribution in [-0.4, -0.2) is 55.0 Å². The first-order chi connectivity index (χ1) is 12.7. The Hall–Kier alpha value is -1.72. The Kier molecular flexibility index (Phi) is 7.21. The lowest BCUT2D eigenvalue weighted by molar-refractivity contribution is 0.0350. The molecule has 3 unspecified atom stereocenters. The molecule has 2 aromatic carbocycles. The summed E-state index contributed by atoms with van der Waals surface area (Å²) >= 11 is 0. The Morgan fingerprint density at radius 3 is 2.23 bits per heavy atom. The van der Waals surface area contributed by atoms with E-state index in [2.05, 4.69) is 17.0 Å². The van der Waals surface area contributed by atoms with Crippen LogP contribution in [0.1, 0.15) is 23.5 Å². The van der Waals surface area contributed by atoms with Crippen molar-refractivity contribution in [3.05, 3.63) is 71.8 Å². The van der Waals surface area contributed by atoms with Crippen LogP contribution in [0.5, 0.6) is 0 Å². The molecule has 4 nitrogen and oxygen atoms in total. The maximum Gasteiger partial charge on any atom is 0.0737 e. The molecule has 0 amide bonds. The Balaban J connectivity index is 1.67. The van der Waals surface area contributed by atoms with Crippen molar-refractivity contribution >= 4 is 0 Å². The van der Waals surface area contributed by atoms with E-state index in [1.807, 2.05) is 48.5 Å². The van der Waals surface area contributed by atoms with E-state index < -0.39 is 6.10 Å². The summed E-state index contributed by atoms with van der Waals surface area (Å²) < 4.78 is 5.44. The molecule has 2 aromatic rings. The van der Waals surface area contributed by atoms with Crippen molar-refractivity contribution in [2.24, 2.45) is 5.73 Å². The quantitative estimate of drug-likeness (QED) is 0.764. The second-order valence-electron chi connectivity index (χ2n) is 7.09.